The van der Waals surface area contributed by atoms with Crippen LogP contribution >= 0.6 is 0 Å². The van der Waals surface area contributed by atoms with Crippen molar-refractivity contribution in [1.29, 1.82) is 0 Å². The van der Waals surface area contributed by atoms with Crippen LogP contribution in [0.5, 0.6) is 0 Å². The highest BCUT2D eigenvalue weighted by molar-refractivity contribution is 7.86. The second-order valence-electron chi connectivity index (χ2n) is 3.91. The van der Waals surface area contributed by atoms with Gasteiger partial charge < -0.3 is 9.52 Å². The van der Waals surface area contributed by atoms with Gasteiger partial charge in [0.05, 0.1) is 12.8 Å². The second kappa shape index (κ2) is 6.89. The average Bonchev–Trinajstić information content (AvgIpc) is 2.85. The Morgan fingerprint density at radius 3 is 2.67 bits per heavy atom. The summed E-state index contributed by atoms with van der Waals surface area (Å²) in [4.78, 5) is 0. The van der Waals surface area contributed by atoms with Gasteiger partial charge in [-0.15, -0.1) is 0 Å². The van der Waals surface area contributed by atoms with Crippen molar-refractivity contribution in [2.24, 2.45) is 0 Å². The summed E-state index contributed by atoms with van der Waals surface area (Å²) in [6, 6.07) is 3.47. The van der Waals surface area contributed by atoms with Gasteiger partial charge in [0.15, 0.2) is 0 Å². The van der Waals surface area contributed by atoms with E-state index in [9.17, 15) is 8.42 Å². The molecule has 0 unspecified atom stereocenters. The topological polar surface area (TPSA) is 74.0 Å². The molecule has 0 saturated heterocycles. The maximum Gasteiger partial charge on any atom is 0.282 e. The quantitative estimate of drug-likeness (QED) is 0.757. The van der Waals surface area contributed by atoms with Crippen LogP contribution in [0.25, 0.3) is 0 Å². The molecule has 0 spiro atoms. The molecule has 0 aliphatic rings. The van der Waals surface area contributed by atoms with Crippen molar-refractivity contribution in [2.45, 2.75) is 19.9 Å². The summed E-state index contributed by atoms with van der Waals surface area (Å²) in [5.74, 6) is 0.607. The van der Waals surface area contributed by atoms with Crippen LogP contribution < -0.4 is 0 Å². The molecule has 0 saturated carbocycles. The molecule has 6 nitrogen and oxygen atoms in total. The molecule has 0 aromatic carbocycles. The fourth-order valence-electron chi connectivity index (χ4n) is 1.54. The van der Waals surface area contributed by atoms with Crippen molar-refractivity contribution >= 4 is 10.2 Å². The van der Waals surface area contributed by atoms with Crippen LogP contribution in [0.3, 0.4) is 0 Å². The van der Waals surface area contributed by atoms with Crippen LogP contribution in [-0.2, 0) is 16.8 Å². The SMILES string of the molecule is CCN(Cc1ccco1)S(=O)(=O)N(C)CCCO. The summed E-state index contributed by atoms with van der Waals surface area (Å²) >= 11 is 0. The summed E-state index contributed by atoms with van der Waals surface area (Å²) in [6.45, 7) is 2.64. The van der Waals surface area contributed by atoms with Crippen LogP contribution in [0.15, 0.2) is 22.8 Å². The highest BCUT2D eigenvalue weighted by Crippen LogP contribution is 2.12. The normalized spacial score (nSPS) is 12.5. The third kappa shape index (κ3) is 3.81. The number of aliphatic hydroxyl groups is 1. The molecule has 7 heteroatoms. The smallest absolute Gasteiger partial charge is 0.282 e. The average molecular weight is 276 g/mol. The molecule has 0 aliphatic carbocycles. The minimum Gasteiger partial charge on any atom is -0.468 e. The number of hydrogen-bond acceptors (Lipinski definition) is 4. The lowest BCUT2D eigenvalue weighted by molar-refractivity contribution is 0.269. The zero-order valence-corrected chi connectivity index (χ0v) is 11.6. The Kier molecular flexibility index (Phi) is 5.80. The van der Waals surface area contributed by atoms with E-state index in [0.717, 1.165) is 0 Å². The molecular formula is C11H20N2O4S. The van der Waals surface area contributed by atoms with Crippen LogP contribution in [0.1, 0.15) is 19.1 Å². The van der Waals surface area contributed by atoms with Crippen LogP contribution in [0, 0.1) is 0 Å². The van der Waals surface area contributed by atoms with Gasteiger partial charge in [-0.05, 0) is 18.6 Å². The van der Waals surface area contributed by atoms with Gasteiger partial charge in [0.25, 0.3) is 10.2 Å². The lowest BCUT2D eigenvalue weighted by Gasteiger charge is -2.25. The molecule has 0 atom stereocenters. The highest BCUT2D eigenvalue weighted by atomic mass is 32.2. The van der Waals surface area contributed by atoms with Crippen molar-refractivity contribution in [2.75, 3.05) is 26.7 Å². The van der Waals surface area contributed by atoms with E-state index < -0.39 is 10.2 Å². The molecule has 0 amide bonds. The van der Waals surface area contributed by atoms with Crippen LogP contribution in [0.4, 0.5) is 0 Å². The third-order valence-corrected chi connectivity index (χ3v) is 4.63. The number of hydrogen-bond donors (Lipinski definition) is 1. The van der Waals surface area contributed by atoms with Gasteiger partial charge in [-0.2, -0.15) is 17.0 Å². The predicted molar refractivity (Wildman–Crippen MR) is 68.0 cm³/mol. The number of aliphatic hydroxyl groups excluding tert-OH is 1. The van der Waals surface area contributed by atoms with Gasteiger partial charge in [-0.3, -0.25) is 0 Å². The molecule has 1 rings (SSSR count). The molecule has 1 N–H and O–H groups in total. The van der Waals surface area contributed by atoms with Crippen molar-refractivity contribution in [1.82, 2.24) is 8.61 Å². The number of furan rings is 1. The summed E-state index contributed by atoms with van der Waals surface area (Å²) in [5, 5.41) is 8.73. The zero-order valence-electron chi connectivity index (χ0n) is 10.7. The first kappa shape index (κ1) is 15.2. The maximum absolute atomic E-state index is 12.2. The van der Waals surface area contributed by atoms with E-state index in [4.69, 9.17) is 9.52 Å². The lowest BCUT2D eigenvalue weighted by Crippen LogP contribution is -2.41. The van der Waals surface area contributed by atoms with Crippen molar-refractivity contribution in [3.8, 4) is 0 Å². The Bertz CT molecular complexity index is 430. The molecule has 104 valence electrons. The largest absolute Gasteiger partial charge is 0.468 e. The fraction of sp³-hybridized carbons (Fsp3) is 0.636. The van der Waals surface area contributed by atoms with E-state index in [-0.39, 0.29) is 13.2 Å². The van der Waals surface area contributed by atoms with Crippen LogP contribution in [-0.4, -0.2) is 48.9 Å². The van der Waals surface area contributed by atoms with Crippen molar-refractivity contribution in [3.63, 3.8) is 0 Å². The van der Waals surface area contributed by atoms with Gasteiger partial charge in [-0.1, -0.05) is 6.92 Å². The van der Waals surface area contributed by atoms with E-state index in [2.05, 4.69) is 0 Å². The summed E-state index contributed by atoms with van der Waals surface area (Å²) in [7, 11) is -1.99. The first-order valence-electron chi connectivity index (χ1n) is 5.87. The third-order valence-electron chi connectivity index (χ3n) is 2.62. The Balaban J connectivity index is 2.73. The minimum absolute atomic E-state index is 0.0236. The Hall–Kier alpha value is -0.890. The predicted octanol–water partition coefficient (Wildman–Crippen LogP) is 0.661. The summed E-state index contributed by atoms with van der Waals surface area (Å²) in [5.41, 5.74) is 0. The molecule has 1 aromatic rings. The van der Waals surface area contributed by atoms with Crippen molar-refractivity contribution in [3.05, 3.63) is 24.2 Å². The van der Waals surface area contributed by atoms with Gasteiger partial charge >= 0.3 is 0 Å². The second-order valence-corrected chi connectivity index (χ2v) is 5.95. The Morgan fingerprint density at radius 2 is 2.17 bits per heavy atom. The van der Waals surface area contributed by atoms with E-state index in [1.807, 2.05) is 0 Å². The first-order chi connectivity index (χ1) is 8.52. The summed E-state index contributed by atoms with van der Waals surface area (Å²) in [6.07, 6.45) is 1.94. The number of nitrogens with zero attached hydrogens (tertiary/aromatic N) is 2. The van der Waals surface area contributed by atoms with E-state index >= 15 is 0 Å². The molecule has 0 bridgehead atoms. The monoisotopic (exact) mass is 276 g/mol. The fourth-order valence-corrected chi connectivity index (χ4v) is 2.91. The maximum atomic E-state index is 12.2. The van der Waals surface area contributed by atoms with E-state index in [1.54, 1.807) is 19.1 Å². The van der Waals surface area contributed by atoms with Crippen LogP contribution in [0.2, 0.25) is 0 Å². The first-order valence-corrected chi connectivity index (χ1v) is 7.26. The molecule has 0 fully saturated rings. The van der Waals surface area contributed by atoms with E-state index in [1.165, 1.54) is 21.9 Å². The van der Waals surface area contributed by atoms with E-state index in [0.29, 0.717) is 25.3 Å². The Morgan fingerprint density at radius 1 is 1.44 bits per heavy atom. The molecule has 18 heavy (non-hydrogen) atoms. The minimum atomic E-state index is -3.50. The molecule has 0 radical (unpaired) electrons. The van der Waals surface area contributed by atoms with Gasteiger partial charge in [0.1, 0.15) is 5.76 Å². The Labute approximate surface area is 108 Å². The molecule has 0 aliphatic heterocycles. The van der Waals surface area contributed by atoms with Gasteiger partial charge in [0, 0.05) is 26.7 Å². The van der Waals surface area contributed by atoms with Gasteiger partial charge in [-0.25, -0.2) is 0 Å². The molecular weight excluding hydrogens is 256 g/mol. The summed E-state index contributed by atoms with van der Waals surface area (Å²) < 4.78 is 32.2. The van der Waals surface area contributed by atoms with Crippen molar-refractivity contribution < 1.29 is 17.9 Å². The molecule has 1 aromatic heterocycles. The highest BCUT2D eigenvalue weighted by Gasteiger charge is 2.25. The lowest BCUT2D eigenvalue weighted by atomic mass is 10.4. The zero-order chi connectivity index (χ0) is 13.6. The van der Waals surface area contributed by atoms with Gasteiger partial charge in [0.2, 0.25) is 0 Å². The number of rotatable bonds is 8. The molecule has 1 heterocycles. The standard InChI is InChI=1S/C11H20N2O4S/c1-3-13(10-11-6-4-9-17-11)18(15,16)12(2)7-5-8-14/h4,6,9,14H,3,5,7-8,10H2,1-2H3.